The largest absolute Gasteiger partial charge is 0.472 e. The van der Waals surface area contributed by atoms with Gasteiger partial charge in [-0.2, -0.15) is 0 Å². The summed E-state index contributed by atoms with van der Waals surface area (Å²) < 4.78 is 15.6. The van der Waals surface area contributed by atoms with E-state index in [4.69, 9.17) is 14.2 Å². The highest BCUT2D eigenvalue weighted by Gasteiger charge is 2.65. The van der Waals surface area contributed by atoms with Crippen molar-refractivity contribution in [3.8, 4) is 0 Å². The van der Waals surface area contributed by atoms with Gasteiger partial charge in [0.15, 0.2) is 0 Å². The van der Waals surface area contributed by atoms with Crippen molar-refractivity contribution in [1.82, 2.24) is 0 Å². The predicted octanol–water partition coefficient (Wildman–Crippen LogP) is 1.63. The number of hydrogen-bond donors (Lipinski definition) is 0. The molecule has 1 fully saturated rings. The molecule has 1 saturated heterocycles. The third-order valence-corrected chi connectivity index (χ3v) is 3.93. The maximum Gasteiger partial charge on any atom is 0.344 e. The molecule has 0 bridgehead atoms. The summed E-state index contributed by atoms with van der Waals surface area (Å²) in [6.45, 7) is 0. The number of rotatable bonds is 2. The Morgan fingerprint density at radius 3 is 3.12 bits per heavy atom. The van der Waals surface area contributed by atoms with Gasteiger partial charge in [0.1, 0.15) is 0 Å². The first-order valence-electron chi connectivity index (χ1n) is 4.91. The predicted molar refractivity (Wildman–Crippen MR) is 56.6 cm³/mol. The highest BCUT2D eigenvalue weighted by atomic mass is 32.1. The van der Waals surface area contributed by atoms with Crippen LogP contribution >= 0.6 is 11.3 Å². The topological polar surface area (TPSA) is 44.8 Å². The lowest BCUT2D eigenvalue weighted by Gasteiger charge is -2.46. The molecule has 4 nitrogen and oxygen atoms in total. The zero-order valence-corrected chi connectivity index (χ0v) is 9.40. The first kappa shape index (κ1) is 9.86. The van der Waals surface area contributed by atoms with Crippen LogP contribution in [0.4, 0.5) is 0 Å². The minimum absolute atomic E-state index is 0.0846. The summed E-state index contributed by atoms with van der Waals surface area (Å²) >= 11 is 1.48. The first-order chi connectivity index (χ1) is 7.79. The van der Waals surface area contributed by atoms with E-state index in [-0.39, 0.29) is 18.2 Å². The van der Waals surface area contributed by atoms with E-state index in [0.29, 0.717) is 0 Å². The Morgan fingerprint density at radius 2 is 2.50 bits per heavy atom. The summed E-state index contributed by atoms with van der Waals surface area (Å²) in [6.07, 6.45) is 3.08. The molecule has 5 heteroatoms. The molecular formula is C11H10O4S. The fourth-order valence-electron chi connectivity index (χ4n) is 2.15. The van der Waals surface area contributed by atoms with E-state index in [1.807, 2.05) is 23.6 Å². The number of esters is 1. The van der Waals surface area contributed by atoms with Gasteiger partial charge in [-0.05, 0) is 17.5 Å². The van der Waals surface area contributed by atoms with Gasteiger partial charge >= 0.3 is 5.97 Å². The Labute approximate surface area is 96.4 Å². The molecule has 84 valence electrons. The summed E-state index contributed by atoms with van der Waals surface area (Å²) in [5, 5.41) is 1.91. The van der Waals surface area contributed by atoms with Gasteiger partial charge in [0, 0.05) is 4.88 Å². The summed E-state index contributed by atoms with van der Waals surface area (Å²) in [5.74, 6) is -0.454. The van der Waals surface area contributed by atoms with E-state index in [1.165, 1.54) is 18.4 Å². The quantitative estimate of drug-likeness (QED) is 0.735. The van der Waals surface area contributed by atoms with Crippen LogP contribution in [0.1, 0.15) is 4.88 Å². The SMILES string of the molecule is COC(=O)[C@@]1(c2cccs2)O[C@@H]2OC=C[C@@H]21. The number of ether oxygens (including phenoxy) is 3. The molecular weight excluding hydrogens is 228 g/mol. The molecule has 0 spiro atoms. The maximum atomic E-state index is 11.9. The fraction of sp³-hybridized carbons (Fsp3) is 0.364. The average Bonchev–Trinajstić information content (AvgIpc) is 2.90. The van der Waals surface area contributed by atoms with E-state index in [9.17, 15) is 4.79 Å². The van der Waals surface area contributed by atoms with Crippen LogP contribution in [-0.4, -0.2) is 19.4 Å². The molecule has 1 aromatic rings. The molecule has 2 aliphatic heterocycles. The van der Waals surface area contributed by atoms with Crippen molar-refractivity contribution < 1.29 is 19.0 Å². The highest BCUT2D eigenvalue weighted by Crippen LogP contribution is 2.52. The van der Waals surface area contributed by atoms with Gasteiger partial charge in [0.2, 0.25) is 11.9 Å². The highest BCUT2D eigenvalue weighted by molar-refractivity contribution is 7.10. The van der Waals surface area contributed by atoms with Gasteiger partial charge in [-0.15, -0.1) is 11.3 Å². The molecule has 1 aromatic heterocycles. The number of carbonyl (C=O) groups is 1. The number of thiophene rings is 1. The van der Waals surface area contributed by atoms with Gasteiger partial charge < -0.3 is 14.2 Å². The number of hydrogen-bond acceptors (Lipinski definition) is 5. The normalized spacial score (nSPS) is 35.1. The van der Waals surface area contributed by atoms with Crippen LogP contribution in [0.15, 0.2) is 29.9 Å². The van der Waals surface area contributed by atoms with E-state index in [2.05, 4.69) is 0 Å². The Bertz CT molecular complexity index is 439. The van der Waals surface area contributed by atoms with E-state index >= 15 is 0 Å². The minimum Gasteiger partial charge on any atom is -0.472 e. The van der Waals surface area contributed by atoms with Crippen molar-refractivity contribution in [2.45, 2.75) is 11.9 Å². The third-order valence-electron chi connectivity index (χ3n) is 2.94. The van der Waals surface area contributed by atoms with Crippen LogP contribution in [0.2, 0.25) is 0 Å². The van der Waals surface area contributed by atoms with E-state index in [1.54, 1.807) is 6.26 Å². The summed E-state index contributed by atoms with van der Waals surface area (Å²) in [4.78, 5) is 12.8. The molecule has 3 rings (SSSR count). The Kier molecular flexibility index (Phi) is 2.05. The van der Waals surface area contributed by atoms with Crippen molar-refractivity contribution in [3.05, 3.63) is 34.7 Å². The van der Waals surface area contributed by atoms with Gasteiger partial charge in [0.05, 0.1) is 19.3 Å². The molecule has 3 heterocycles. The molecule has 0 radical (unpaired) electrons. The van der Waals surface area contributed by atoms with Crippen molar-refractivity contribution >= 4 is 17.3 Å². The number of carbonyl (C=O) groups excluding carboxylic acids is 1. The molecule has 2 aliphatic rings. The monoisotopic (exact) mass is 238 g/mol. The van der Waals surface area contributed by atoms with Gasteiger partial charge in [-0.1, -0.05) is 6.07 Å². The zero-order valence-electron chi connectivity index (χ0n) is 8.58. The molecule has 0 unspecified atom stereocenters. The zero-order chi connectivity index (χ0) is 11.2. The second-order valence-electron chi connectivity index (χ2n) is 3.68. The van der Waals surface area contributed by atoms with Crippen LogP contribution in [0.5, 0.6) is 0 Å². The summed E-state index contributed by atoms with van der Waals surface area (Å²) in [6, 6.07) is 3.77. The van der Waals surface area contributed by atoms with Crippen molar-refractivity contribution in [1.29, 1.82) is 0 Å². The first-order valence-corrected chi connectivity index (χ1v) is 5.79. The van der Waals surface area contributed by atoms with Gasteiger partial charge in [-0.25, -0.2) is 4.79 Å². The van der Waals surface area contributed by atoms with E-state index in [0.717, 1.165) is 4.88 Å². The molecule has 0 aliphatic carbocycles. The molecule has 0 amide bonds. The molecule has 0 aromatic carbocycles. The molecule has 3 atom stereocenters. The third kappa shape index (κ3) is 1.04. The molecule has 0 N–H and O–H groups in total. The second kappa shape index (κ2) is 3.33. The molecule has 0 saturated carbocycles. The van der Waals surface area contributed by atoms with Crippen LogP contribution in [0.25, 0.3) is 0 Å². The number of methoxy groups -OCH3 is 1. The Balaban J connectivity index is 2.03. The van der Waals surface area contributed by atoms with Crippen molar-refractivity contribution in [3.63, 3.8) is 0 Å². The second-order valence-corrected chi connectivity index (χ2v) is 4.63. The Hall–Kier alpha value is -1.33. The van der Waals surface area contributed by atoms with Gasteiger partial charge in [0.25, 0.3) is 0 Å². The van der Waals surface area contributed by atoms with Gasteiger partial charge in [-0.3, -0.25) is 0 Å². The molecule has 16 heavy (non-hydrogen) atoms. The lowest BCUT2D eigenvalue weighted by Crippen LogP contribution is -2.60. The van der Waals surface area contributed by atoms with E-state index < -0.39 is 5.60 Å². The lowest BCUT2D eigenvalue weighted by atomic mass is 9.80. The van der Waals surface area contributed by atoms with Crippen molar-refractivity contribution in [2.75, 3.05) is 7.11 Å². The van der Waals surface area contributed by atoms with Crippen LogP contribution in [0, 0.1) is 5.92 Å². The summed E-state index contributed by atoms with van der Waals surface area (Å²) in [7, 11) is 1.37. The lowest BCUT2D eigenvalue weighted by molar-refractivity contribution is -0.313. The van der Waals surface area contributed by atoms with Crippen LogP contribution < -0.4 is 0 Å². The smallest absolute Gasteiger partial charge is 0.344 e. The minimum atomic E-state index is -0.999. The van der Waals surface area contributed by atoms with Crippen LogP contribution in [0.3, 0.4) is 0 Å². The van der Waals surface area contributed by atoms with Crippen LogP contribution in [-0.2, 0) is 24.6 Å². The summed E-state index contributed by atoms with van der Waals surface area (Å²) in [5.41, 5.74) is -0.999. The average molecular weight is 238 g/mol. The maximum absolute atomic E-state index is 11.9. The number of fused-ring (bicyclic) bond motifs is 1. The standard InChI is InChI=1S/C11H10O4S/c1-13-10(12)11(8-3-2-6-16-8)7-4-5-14-9(7)15-11/h2-7,9H,1H3/t7-,9-,11+/m0/s1. The fourth-order valence-corrected chi connectivity index (χ4v) is 3.05. The van der Waals surface area contributed by atoms with Crippen molar-refractivity contribution in [2.24, 2.45) is 5.92 Å². The Morgan fingerprint density at radius 1 is 1.62 bits per heavy atom.